The van der Waals surface area contributed by atoms with Crippen molar-refractivity contribution in [2.75, 3.05) is 6.54 Å². The molecular formula is C26H24N4O2. The van der Waals surface area contributed by atoms with Gasteiger partial charge >= 0.3 is 0 Å². The molecule has 0 saturated carbocycles. The first kappa shape index (κ1) is 19.1. The fourth-order valence-electron chi connectivity index (χ4n) is 5.48. The fraction of sp³-hybridized carbons (Fsp3) is 0.231. The molecule has 0 atom stereocenters. The quantitative estimate of drug-likeness (QED) is 0.323. The number of nitrogens with zero attached hydrogens (tertiary/aromatic N) is 2. The molecule has 0 fully saturated rings. The molecule has 5 aromatic rings. The molecule has 3 heterocycles. The predicted octanol–water partition coefficient (Wildman–Crippen LogP) is 4.45. The Hall–Kier alpha value is -3.64. The van der Waals surface area contributed by atoms with Gasteiger partial charge in [0.05, 0.1) is 22.2 Å². The number of nitrogens with one attached hydrogen (secondary N) is 1. The van der Waals surface area contributed by atoms with Gasteiger partial charge in [-0.15, -0.1) is 0 Å². The summed E-state index contributed by atoms with van der Waals surface area (Å²) in [6.45, 7) is 1.52. The number of rotatable bonds is 5. The van der Waals surface area contributed by atoms with Gasteiger partial charge in [-0.3, -0.25) is 14.9 Å². The van der Waals surface area contributed by atoms with Gasteiger partial charge in [0.25, 0.3) is 11.8 Å². The highest BCUT2D eigenvalue weighted by molar-refractivity contribution is 6.39. The maximum Gasteiger partial charge on any atom is 0.259 e. The number of nitrogens with two attached hydrogens (primary N) is 1. The number of benzene rings is 3. The van der Waals surface area contributed by atoms with Crippen molar-refractivity contribution >= 4 is 55.4 Å². The number of unbranched alkanes of at least 4 members (excludes halogenated alkanes) is 2. The van der Waals surface area contributed by atoms with Crippen molar-refractivity contribution in [2.24, 2.45) is 12.8 Å². The lowest BCUT2D eigenvalue weighted by atomic mass is 9.96. The van der Waals surface area contributed by atoms with Crippen molar-refractivity contribution in [3.8, 4) is 0 Å². The third-order valence-electron chi connectivity index (χ3n) is 6.82. The van der Waals surface area contributed by atoms with Crippen LogP contribution < -0.4 is 11.1 Å². The normalized spacial score (nSPS) is 13.7. The average molecular weight is 425 g/mol. The second-order valence-electron chi connectivity index (χ2n) is 8.57. The van der Waals surface area contributed by atoms with E-state index in [2.05, 4.69) is 32.7 Å². The summed E-state index contributed by atoms with van der Waals surface area (Å²) in [5.74, 6) is -0.621. The largest absolute Gasteiger partial charge is 0.342 e. The summed E-state index contributed by atoms with van der Waals surface area (Å²) in [7, 11) is 2.04. The Balaban J connectivity index is 1.85. The molecule has 3 aromatic carbocycles. The molecule has 6 heteroatoms. The summed E-state index contributed by atoms with van der Waals surface area (Å²) in [4.78, 5) is 26.1. The number of aryl methyl sites for hydroxylation is 2. The number of hydrogen-bond acceptors (Lipinski definition) is 3. The van der Waals surface area contributed by atoms with E-state index in [4.69, 9.17) is 5.73 Å². The number of imide groups is 1. The van der Waals surface area contributed by atoms with E-state index in [1.165, 1.54) is 0 Å². The number of fused-ring (bicyclic) bond motifs is 10. The molecule has 0 spiro atoms. The van der Waals surface area contributed by atoms with Gasteiger partial charge in [-0.1, -0.05) is 42.8 Å². The van der Waals surface area contributed by atoms with Crippen LogP contribution in [0.1, 0.15) is 40.0 Å². The maximum absolute atomic E-state index is 13.1. The summed E-state index contributed by atoms with van der Waals surface area (Å²) in [6, 6.07) is 16.3. The molecule has 0 saturated heterocycles. The van der Waals surface area contributed by atoms with E-state index < -0.39 is 0 Å². The van der Waals surface area contributed by atoms with Crippen molar-refractivity contribution in [1.29, 1.82) is 0 Å². The number of amides is 2. The van der Waals surface area contributed by atoms with Crippen molar-refractivity contribution < 1.29 is 9.59 Å². The Morgan fingerprint density at radius 3 is 2.06 bits per heavy atom. The van der Waals surface area contributed by atoms with Gasteiger partial charge in [-0.2, -0.15) is 0 Å². The summed E-state index contributed by atoms with van der Waals surface area (Å²) < 4.78 is 4.50. The summed E-state index contributed by atoms with van der Waals surface area (Å²) >= 11 is 0. The van der Waals surface area contributed by atoms with Crippen LogP contribution >= 0.6 is 0 Å². The Kier molecular flexibility index (Phi) is 4.13. The summed E-state index contributed by atoms with van der Waals surface area (Å²) in [6.07, 6.45) is 3.04. The number of carbonyl (C=O) groups excluding carboxylic acids is 2. The Morgan fingerprint density at radius 2 is 1.38 bits per heavy atom. The molecule has 1 aliphatic rings. The molecule has 1 aliphatic heterocycles. The highest BCUT2D eigenvalue weighted by Crippen LogP contribution is 2.44. The van der Waals surface area contributed by atoms with Crippen molar-refractivity contribution in [3.05, 3.63) is 59.7 Å². The molecule has 0 aliphatic carbocycles. The lowest BCUT2D eigenvalue weighted by Gasteiger charge is -2.11. The maximum atomic E-state index is 13.1. The third-order valence-corrected chi connectivity index (χ3v) is 6.82. The van der Waals surface area contributed by atoms with Gasteiger partial charge in [0.15, 0.2) is 0 Å². The molecule has 6 rings (SSSR count). The highest BCUT2D eigenvalue weighted by Gasteiger charge is 2.36. The number of carbonyl (C=O) groups is 2. The first-order valence-electron chi connectivity index (χ1n) is 11.1. The van der Waals surface area contributed by atoms with Crippen LogP contribution in [0.5, 0.6) is 0 Å². The minimum atomic E-state index is -0.312. The topological polar surface area (TPSA) is 82.0 Å². The SMILES string of the molecule is Cn1c2ccccc2c2c3c(c4c5ccccc5n(CCCCCN)c4c21)C(=O)NC3=O. The number of aromatic nitrogens is 2. The highest BCUT2D eigenvalue weighted by atomic mass is 16.2. The first-order chi connectivity index (χ1) is 15.6. The van der Waals surface area contributed by atoms with Crippen LogP contribution in [-0.4, -0.2) is 27.5 Å². The monoisotopic (exact) mass is 424 g/mol. The molecule has 160 valence electrons. The van der Waals surface area contributed by atoms with Gasteiger partial charge in [-0.05, 0) is 31.5 Å². The summed E-state index contributed by atoms with van der Waals surface area (Å²) in [5, 5.41) is 6.30. The number of hydrogen-bond donors (Lipinski definition) is 2. The van der Waals surface area contributed by atoms with Gasteiger partial charge in [0.1, 0.15) is 0 Å². The van der Waals surface area contributed by atoms with Gasteiger partial charge in [-0.25, -0.2) is 0 Å². The fourth-order valence-corrected chi connectivity index (χ4v) is 5.48. The molecule has 32 heavy (non-hydrogen) atoms. The predicted molar refractivity (Wildman–Crippen MR) is 128 cm³/mol. The van der Waals surface area contributed by atoms with Gasteiger partial charge < -0.3 is 14.9 Å². The van der Waals surface area contributed by atoms with Crippen molar-refractivity contribution in [1.82, 2.24) is 14.5 Å². The van der Waals surface area contributed by atoms with Crippen LogP contribution in [0.2, 0.25) is 0 Å². The molecule has 0 unspecified atom stereocenters. The molecule has 0 radical (unpaired) electrons. The van der Waals surface area contributed by atoms with Crippen LogP contribution in [0.4, 0.5) is 0 Å². The van der Waals surface area contributed by atoms with Crippen molar-refractivity contribution in [3.63, 3.8) is 0 Å². The lowest BCUT2D eigenvalue weighted by molar-refractivity contribution is 0.0880. The van der Waals surface area contributed by atoms with Gasteiger partial charge in [0.2, 0.25) is 0 Å². The van der Waals surface area contributed by atoms with E-state index in [9.17, 15) is 9.59 Å². The second kappa shape index (κ2) is 6.93. The van der Waals surface area contributed by atoms with Crippen LogP contribution in [0.3, 0.4) is 0 Å². The molecule has 0 bridgehead atoms. The van der Waals surface area contributed by atoms with Crippen LogP contribution in [-0.2, 0) is 13.6 Å². The Labute approximate surface area is 184 Å². The zero-order valence-electron chi connectivity index (χ0n) is 17.9. The molecule has 2 amide bonds. The minimum absolute atomic E-state index is 0.309. The van der Waals surface area contributed by atoms with Crippen LogP contribution in [0, 0.1) is 0 Å². The third kappa shape index (κ3) is 2.38. The van der Waals surface area contributed by atoms with Crippen LogP contribution in [0.25, 0.3) is 43.6 Å². The molecular weight excluding hydrogens is 400 g/mol. The zero-order chi connectivity index (χ0) is 22.0. The average Bonchev–Trinajstić information content (AvgIpc) is 3.39. The second-order valence-corrected chi connectivity index (χ2v) is 8.57. The van der Waals surface area contributed by atoms with Gasteiger partial charge in [0, 0.05) is 46.2 Å². The molecule has 3 N–H and O–H groups in total. The summed E-state index contributed by atoms with van der Waals surface area (Å²) in [5.41, 5.74) is 10.9. The van der Waals surface area contributed by atoms with E-state index in [1.807, 2.05) is 37.4 Å². The molecule has 6 nitrogen and oxygen atoms in total. The first-order valence-corrected chi connectivity index (χ1v) is 11.1. The standard InChI is InChI=1S/C26H24N4O2/c1-29-17-11-5-3-9-15(17)19-21-22(26(32)28-25(21)31)20-16-10-4-6-12-18(16)30(24(20)23(19)29)14-8-2-7-13-27/h3-6,9-12H,2,7-8,13-14,27H2,1H3,(H,28,31,32). The van der Waals surface area contributed by atoms with E-state index in [1.54, 1.807) is 0 Å². The zero-order valence-corrected chi connectivity index (χ0v) is 17.9. The van der Waals surface area contributed by atoms with E-state index in [-0.39, 0.29) is 11.8 Å². The molecule has 2 aromatic heterocycles. The Bertz CT molecular complexity index is 1590. The number of para-hydroxylation sites is 2. The van der Waals surface area contributed by atoms with Crippen LogP contribution in [0.15, 0.2) is 48.5 Å². The van der Waals surface area contributed by atoms with Crippen molar-refractivity contribution in [2.45, 2.75) is 25.8 Å². The smallest absolute Gasteiger partial charge is 0.259 e. The minimum Gasteiger partial charge on any atom is -0.342 e. The van der Waals surface area contributed by atoms with E-state index >= 15 is 0 Å². The Morgan fingerprint density at radius 1 is 0.781 bits per heavy atom. The van der Waals surface area contributed by atoms with E-state index in [0.29, 0.717) is 17.7 Å². The van der Waals surface area contributed by atoms with E-state index in [0.717, 1.165) is 69.4 Å². The lowest BCUT2D eigenvalue weighted by Crippen LogP contribution is -2.20.